The SMILES string of the molecule is CC1CN(S(=O)(=O)c2ccc(B3OC(C)(C)C(C)(C)O3)s2)CCN1C(=O)OC(C)(C)C. The minimum Gasteiger partial charge on any atom is -0.444 e. The van der Waals surface area contributed by atoms with Crippen LogP contribution in [0.1, 0.15) is 55.4 Å². The Morgan fingerprint density at radius 1 is 1.16 bits per heavy atom. The summed E-state index contributed by atoms with van der Waals surface area (Å²) in [5.41, 5.74) is -1.58. The molecule has 0 N–H and O–H groups in total. The summed E-state index contributed by atoms with van der Waals surface area (Å²) in [6.07, 6.45) is -0.420. The fraction of sp³-hybridized carbons (Fsp3) is 0.750. The Bertz CT molecular complexity index is 922. The van der Waals surface area contributed by atoms with Crippen molar-refractivity contribution in [3.8, 4) is 0 Å². The Labute approximate surface area is 190 Å². The lowest BCUT2D eigenvalue weighted by Gasteiger charge is -2.39. The highest BCUT2D eigenvalue weighted by Crippen LogP contribution is 2.37. The Morgan fingerprint density at radius 2 is 1.74 bits per heavy atom. The molecule has 2 aliphatic heterocycles. The molecule has 0 radical (unpaired) electrons. The van der Waals surface area contributed by atoms with Crippen LogP contribution in [0, 0.1) is 0 Å². The first-order valence-electron chi connectivity index (χ1n) is 10.5. The molecule has 2 fully saturated rings. The minimum absolute atomic E-state index is 0.214. The maximum atomic E-state index is 13.2. The third kappa shape index (κ3) is 4.95. The fourth-order valence-electron chi connectivity index (χ4n) is 3.42. The van der Waals surface area contributed by atoms with Crippen LogP contribution in [0.15, 0.2) is 16.3 Å². The van der Waals surface area contributed by atoms with Gasteiger partial charge in [-0.05, 0) is 61.5 Å². The molecule has 0 saturated carbocycles. The molecular formula is C20H33BN2O6S2. The molecule has 0 aliphatic carbocycles. The lowest BCUT2D eigenvalue weighted by atomic mass is 9.88. The molecular weight excluding hydrogens is 439 g/mol. The Kier molecular flexibility index (Phi) is 6.34. The topological polar surface area (TPSA) is 85.4 Å². The molecule has 11 heteroatoms. The molecule has 1 aromatic rings. The van der Waals surface area contributed by atoms with Crippen LogP contribution in [0.25, 0.3) is 0 Å². The number of hydrogen-bond acceptors (Lipinski definition) is 7. The largest absolute Gasteiger partial charge is 0.505 e. The van der Waals surface area contributed by atoms with Crippen LogP contribution in [-0.4, -0.2) is 73.3 Å². The second kappa shape index (κ2) is 8.02. The van der Waals surface area contributed by atoms with E-state index >= 15 is 0 Å². The van der Waals surface area contributed by atoms with Gasteiger partial charge in [0.25, 0.3) is 10.0 Å². The smallest absolute Gasteiger partial charge is 0.444 e. The van der Waals surface area contributed by atoms with Crippen molar-refractivity contribution in [3.05, 3.63) is 12.1 Å². The zero-order chi connectivity index (χ0) is 23.4. The summed E-state index contributed by atoms with van der Waals surface area (Å²) in [5.74, 6) is 0. The van der Waals surface area contributed by atoms with Gasteiger partial charge in [-0.1, -0.05) is 6.07 Å². The van der Waals surface area contributed by atoms with E-state index in [2.05, 4.69) is 0 Å². The van der Waals surface area contributed by atoms with Crippen LogP contribution in [0.4, 0.5) is 4.79 Å². The molecule has 2 saturated heterocycles. The van der Waals surface area contributed by atoms with Crippen molar-refractivity contribution < 1.29 is 27.3 Å². The van der Waals surface area contributed by atoms with E-state index in [1.807, 2.05) is 55.4 Å². The zero-order valence-electron chi connectivity index (χ0n) is 19.6. The molecule has 1 aromatic heterocycles. The number of rotatable bonds is 3. The zero-order valence-corrected chi connectivity index (χ0v) is 21.2. The van der Waals surface area contributed by atoms with Crippen molar-refractivity contribution in [3.63, 3.8) is 0 Å². The van der Waals surface area contributed by atoms with Gasteiger partial charge in [0.15, 0.2) is 0 Å². The summed E-state index contributed by atoms with van der Waals surface area (Å²) in [6.45, 7) is 15.8. The quantitative estimate of drug-likeness (QED) is 0.629. The summed E-state index contributed by atoms with van der Waals surface area (Å²) >= 11 is 1.16. The Hall–Kier alpha value is -1.14. The molecule has 0 bridgehead atoms. The Balaban J connectivity index is 1.71. The van der Waals surface area contributed by atoms with Crippen molar-refractivity contribution in [1.82, 2.24) is 9.21 Å². The molecule has 3 heterocycles. The van der Waals surface area contributed by atoms with Crippen LogP contribution in [0.5, 0.6) is 0 Å². The van der Waals surface area contributed by atoms with Gasteiger partial charge >= 0.3 is 13.2 Å². The number of carbonyl (C=O) groups excluding carboxylic acids is 1. The van der Waals surface area contributed by atoms with Crippen LogP contribution in [0.2, 0.25) is 0 Å². The number of carbonyl (C=O) groups is 1. The van der Waals surface area contributed by atoms with Gasteiger partial charge in [-0.25, -0.2) is 13.2 Å². The lowest BCUT2D eigenvalue weighted by Crippen LogP contribution is -2.56. The number of amides is 1. The highest BCUT2D eigenvalue weighted by Gasteiger charge is 2.52. The van der Waals surface area contributed by atoms with E-state index in [1.54, 1.807) is 17.0 Å². The summed E-state index contributed by atoms with van der Waals surface area (Å²) in [5, 5.41) is 0. The number of ether oxygens (including phenoxy) is 1. The van der Waals surface area contributed by atoms with Gasteiger partial charge in [-0.2, -0.15) is 4.31 Å². The van der Waals surface area contributed by atoms with E-state index in [9.17, 15) is 13.2 Å². The van der Waals surface area contributed by atoms with Crippen LogP contribution >= 0.6 is 11.3 Å². The summed E-state index contributed by atoms with van der Waals surface area (Å²) in [7, 11) is -4.28. The van der Waals surface area contributed by atoms with Gasteiger partial charge in [0.05, 0.1) is 11.2 Å². The number of nitrogens with zero attached hydrogens (tertiary/aromatic N) is 2. The van der Waals surface area contributed by atoms with Crippen molar-refractivity contribution >= 4 is 39.3 Å². The molecule has 0 spiro atoms. The van der Waals surface area contributed by atoms with Crippen molar-refractivity contribution in [2.24, 2.45) is 0 Å². The highest BCUT2D eigenvalue weighted by molar-refractivity contribution is 7.91. The number of piperazine rings is 1. The first-order valence-corrected chi connectivity index (χ1v) is 12.7. The normalized spacial score (nSPS) is 24.5. The van der Waals surface area contributed by atoms with Crippen molar-refractivity contribution in [2.75, 3.05) is 19.6 Å². The van der Waals surface area contributed by atoms with Crippen LogP contribution < -0.4 is 4.78 Å². The van der Waals surface area contributed by atoms with Crippen molar-refractivity contribution in [1.29, 1.82) is 0 Å². The molecule has 174 valence electrons. The second-order valence-corrected chi connectivity index (χ2v) is 13.4. The summed E-state index contributed by atoms with van der Waals surface area (Å²) < 4.78 is 46.4. The molecule has 1 unspecified atom stereocenters. The molecule has 1 amide bonds. The standard InChI is InChI=1S/C20H33BN2O6S2/c1-14-13-22(11-12-23(14)17(24)27-18(2,3)4)31(25,26)16-10-9-15(30-16)21-28-19(5,6)20(7,8)29-21/h9-10,14H,11-13H2,1-8H3. The van der Waals surface area contributed by atoms with Crippen LogP contribution in [0.3, 0.4) is 0 Å². The molecule has 1 atom stereocenters. The average molecular weight is 472 g/mol. The van der Waals surface area contributed by atoms with E-state index < -0.39 is 40.0 Å². The third-order valence-corrected chi connectivity index (χ3v) is 9.34. The monoisotopic (exact) mass is 472 g/mol. The summed E-state index contributed by atoms with van der Waals surface area (Å²) in [4.78, 5) is 14.0. The Morgan fingerprint density at radius 3 is 2.26 bits per heavy atom. The third-order valence-electron chi connectivity index (χ3n) is 5.90. The van der Waals surface area contributed by atoms with E-state index in [0.29, 0.717) is 0 Å². The molecule has 2 aliphatic rings. The van der Waals surface area contributed by atoms with E-state index in [4.69, 9.17) is 14.0 Å². The van der Waals surface area contributed by atoms with E-state index in [0.717, 1.165) is 16.1 Å². The second-order valence-electron chi connectivity index (χ2n) is 10.1. The number of thiophene rings is 1. The lowest BCUT2D eigenvalue weighted by molar-refractivity contribution is 0.00578. The number of sulfonamides is 1. The maximum Gasteiger partial charge on any atom is 0.505 e. The van der Waals surface area contributed by atoms with E-state index in [1.165, 1.54) is 4.31 Å². The van der Waals surface area contributed by atoms with Gasteiger partial charge in [0.1, 0.15) is 9.81 Å². The van der Waals surface area contributed by atoms with Gasteiger partial charge < -0.3 is 18.9 Å². The predicted molar refractivity (Wildman–Crippen MR) is 121 cm³/mol. The fourth-order valence-corrected chi connectivity index (χ4v) is 6.37. The average Bonchev–Trinajstić information content (AvgIpc) is 3.16. The van der Waals surface area contributed by atoms with Gasteiger partial charge in [0, 0.05) is 30.5 Å². The van der Waals surface area contributed by atoms with E-state index in [-0.39, 0.29) is 29.9 Å². The molecule has 3 rings (SSSR count). The first-order chi connectivity index (χ1) is 14.0. The molecule has 8 nitrogen and oxygen atoms in total. The van der Waals surface area contributed by atoms with Crippen molar-refractivity contribution in [2.45, 2.75) is 82.4 Å². The molecule has 31 heavy (non-hydrogen) atoms. The molecule has 0 aromatic carbocycles. The summed E-state index contributed by atoms with van der Waals surface area (Å²) in [6, 6.07) is 3.06. The minimum atomic E-state index is -3.68. The van der Waals surface area contributed by atoms with Gasteiger partial charge in [-0.15, -0.1) is 11.3 Å². The van der Waals surface area contributed by atoms with Gasteiger partial charge in [-0.3, -0.25) is 0 Å². The highest BCUT2D eigenvalue weighted by atomic mass is 32.2. The van der Waals surface area contributed by atoms with Crippen LogP contribution in [-0.2, 0) is 24.1 Å². The first kappa shape index (κ1) is 24.5. The maximum absolute atomic E-state index is 13.2. The predicted octanol–water partition coefficient (Wildman–Crippen LogP) is 2.68. The van der Waals surface area contributed by atoms with Gasteiger partial charge in [0.2, 0.25) is 0 Å². The number of hydrogen-bond donors (Lipinski definition) is 0.